The molecule has 1 amide bonds. The van der Waals surface area contributed by atoms with E-state index in [2.05, 4.69) is 5.32 Å². The Morgan fingerprint density at radius 1 is 1.04 bits per heavy atom. The van der Waals surface area contributed by atoms with Crippen molar-refractivity contribution >= 4 is 24.4 Å². The molecule has 140 valence electrons. The maximum Gasteiger partial charge on any atom is 0.496 e. The number of carbonyl (C=O) groups is 1. The van der Waals surface area contributed by atoms with Crippen molar-refractivity contribution in [2.75, 3.05) is 5.32 Å². The standard InChI is InChI=1S/C17H26BNO4.C2H6/c1-15(2,3)21-14(20)19-13-11-9-8-10-12(13)18-22-16(4,5)17(6,7)23-18;1-2/h8-11H,1-7H3,(H,19,20);1-2H3. The van der Waals surface area contributed by atoms with Gasteiger partial charge in [-0.05, 0) is 54.5 Å². The van der Waals surface area contributed by atoms with E-state index in [1.165, 1.54) is 0 Å². The fourth-order valence-corrected chi connectivity index (χ4v) is 2.20. The van der Waals surface area contributed by atoms with E-state index in [1.54, 1.807) is 0 Å². The predicted molar refractivity (Wildman–Crippen MR) is 103 cm³/mol. The summed E-state index contributed by atoms with van der Waals surface area (Å²) in [5, 5.41) is 2.78. The molecule has 1 fully saturated rings. The Morgan fingerprint density at radius 3 is 2.00 bits per heavy atom. The van der Waals surface area contributed by atoms with Crippen molar-refractivity contribution in [1.82, 2.24) is 0 Å². The van der Waals surface area contributed by atoms with Gasteiger partial charge in [0, 0.05) is 11.2 Å². The molecule has 2 rings (SSSR count). The van der Waals surface area contributed by atoms with Gasteiger partial charge < -0.3 is 14.0 Å². The summed E-state index contributed by atoms with van der Waals surface area (Å²) in [6.45, 7) is 17.5. The highest BCUT2D eigenvalue weighted by molar-refractivity contribution is 6.64. The fourth-order valence-electron chi connectivity index (χ4n) is 2.20. The molecular weight excluding hydrogens is 317 g/mol. The van der Waals surface area contributed by atoms with Crippen LogP contribution in [-0.2, 0) is 14.0 Å². The van der Waals surface area contributed by atoms with Crippen molar-refractivity contribution in [2.45, 2.75) is 79.1 Å². The molecule has 1 saturated heterocycles. The molecule has 0 spiro atoms. The molecule has 0 aromatic heterocycles. The zero-order valence-corrected chi connectivity index (χ0v) is 17.0. The molecule has 0 radical (unpaired) electrons. The lowest BCUT2D eigenvalue weighted by Crippen LogP contribution is -2.41. The van der Waals surface area contributed by atoms with E-state index in [9.17, 15) is 4.79 Å². The number of carbonyl (C=O) groups excluding carboxylic acids is 1. The van der Waals surface area contributed by atoms with Gasteiger partial charge >= 0.3 is 13.2 Å². The summed E-state index contributed by atoms with van der Waals surface area (Å²) in [5.74, 6) is 0. The Morgan fingerprint density at radius 2 is 1.52 bits per heavy atom. The number of hydrogen-bond donors (Lipinski definition) is 1. The number of para-hydroxylation sites is 1. The van der Waals surface area contributed by atoms with Crippen LogP contribution in [0.15, 0.2) is 24.3 Å². The number of rotatable bonds is 2. The van der Waals surface area contributed by atoms with Gasteiger partial charge in [0.15, 0.2) is 0 Å². The zero-order valence-electron chi connectivity index (χ0n) is 17.0. The summed E-state index contributed by atoms with van der Waals surface area (Å²) >= 11 is 0. The Hall–Kier alpha value is -1.53. The summed E-state index contributed by atoms with van der Waals surface area (Å²) in [6, 6.07) is 7.43. The summed E-state index contributed by atoms with van der Waals surface area (Å²) in [5.41, 5.74) is -0.0196. The molecule has 6 heteroatoms. The molecule has 5 nitrogen and oxygen atoms in total. The van der Waals surface area contributed by atoms with Gasteiger partial charge in [0.25, 0.3) is 0 Å². The Kier molecular flexibility index (Phi) is 6.71. The van der Waals surface area contributed by atoms with Crippen LogP contribution < -0.4 is 10.8 Å². The average Bonchev–Trinajstić information content (AvgIpc) is 2.68. The van der Waals surface area contributed by atoms with Gasteiger partial charge in [-0.2, -0.15) is 0 Å². The van der Waals surface area contributed by atoms with E-state index < -0.39 is 30.0 Å². The van der Waals surface area contributed by atoms with Crippen LogP contribution in [0.5, 0.6) is 0 Å². The molecule has 0 bridgehead atoms. The molecule has 1 aromatic carbocycles. The Bertz CT molecular complexity index is 577. The van der Waals surface area contributed by atoms with Gasteiger partial charge in [-0.1, -0.05) is 32.0 Å². The van der Waals surface area contributed by atoms with Crippen molar-refractivity contribution in [2.24, 2.45) is 0 Å². The van der Waals surface area contributed by atoms with Crippen LogP contribution in [0, 0.1) is 0 Å². The molecule has 1 aliphatic rings. The van der Waals surface area contributed by atoms with Crippen molar-refractivity contribution in [3.05, 3.63) is 24.3 Å². The number of nitrogens with one attached hydrogen (secondary N) is 1. The highest BCUT2D eigenvalue weighted by Gasteiger charge is 2.52. The zero-order chi connectivity index (χ0) is 19.5. The van der Waals surface area contributed by atoms with Gasteiger partial charge in [-0.15, -0.1) is 0 Å². The molecule has 25 heavy (non-hydrogen) atoms. The summed E-state index contributed by atoms with van der Waals surface area (Å²) in [6.07, 6.45) is -0.499. The molecule has 0 saturated carbocycles. The van der Waals surface area contributed by atoms with Crippen molar-refractivity contribution in [3.8, 4) is 0 Å². The van der Waals surface area contributed by atoms with Crippen molar-refractivity contribution in [3.63, 3.8) is 0 Å². The average molecular weight is 349 g/mol. The molecule has 1 N–H and O–H groups in total. The lowest BCUT2D eigenvalue weighted by molar-refractivity contribution is 0.00578. The first kappa shape index (κ1) is 21.5. The number of hydrogen-bond acceptors (Lipinski definition) is 4. The minimum Gasteiger partial charge on any atom is -0.444 e. The highest BCUT2D eigenvalue weighted by atomic mass is 16.7. The lowest BCUT2D eigenvalue weighted by Gasteiger charge is -2.32. The van der Waals surface area contributed by atoms with Crippen LogP contribution in [0.4, 0.5) is 10.5 Å². The normalized spacial score (nSPS) is 18.2. The molecule has 1 heterocycles. The van der Waals surface area contributed by atoms with Gasteiger partial charge in [0.05, 0.1) is 11.2 Å². The second-order valence-corrected chi connectivity index (χ2v) is 7.80. The maximum atomic E-state index is 12.0. The fraction of sp³-hybridized carbons (Fsp3) is 0.632. The van der Waals surface area contributed by atoms with Gasteiger partial charge in [0.1, 0.15) is 5.60 Å². The topological polar surface area (TPSA) is 56.8 Å². The SMILES string of the molecule is CC.CC(C)(C)OC(=O)Nc1ccccc1B1OC(C)(C)C(C)(C)O1. The van der Waals surface area contributed by atoms with Crippen LogP contribution in [0.2, 0.25) is 0 Å². The number of anilines is 1. The summed E-state index contributed by atoms with van der Waals surface area (Å²) < 4.78 is 17.4. The maximum absolute atomic E-state index is 12.0. The van der Waals surface area contributed by atoms with Crippen molar-refractivity contribution in [1.29, 1.82) is 0 Å². The third-order valence-corrected chi connectivity index (χ3v) is 4.10. The molecule has 0 atom stereocenters. The first-order valence-corrected chi connectivity index (χ1v) is 8.86. The van der Waals surface area contributed by atoms with E-state index >= 15 is 0 Å². The van der Waals surface area contributed by atoms with Crippen LogP contribution in [-0.4, -0.2) is 30.0 Å². The van der Waals surface area contributed by atoms with E-state index in [-0.39, 0.29) is 0 Å². The molecule has 0 unspecified atom stereocenters. The van der Waals surface area contributed by atoms with Crippen LogP contribution in [0.3, 0.4) is 0 Å². The molecule has 0 aliphatic carbocycles. The van der Waals surface area contributed by atoms with E-state index in [4.69, 9.17) is 14.0 Å². The third kappa shape index (κ3) is 5.48. The lowest BCUT2D eigenvalue weighted by atomic mass is 9.78. The second-order valence-electron chi connectivity index (χ2n) is 7.80. The number of ether oxygens (including phenoxy) is 1. The predicted octanol–water partition coefficient (Wildman–Crippen LogP) is 4.36. The summed E-state index contributed by atoms with van der Waals surface area (Å²) in [4.78, 5) is 12.0. The molecular formula is C19H32BNO4. The highest BCUT2D eigenvalue weighted by Crippen LogP contribution is 2.37. The van der Waals surface area contributed by atoms with E-state index in [0.717, 1.165) is 5.46 Å². The van der Waals surface area contributed by atoms with Crippen LogP contribution in [0.1, 0.15) is 62.3 Å². The third-order valence-electron chi connectivity index (χ3n) is 4.10. The Labute approximate surface area is 152 Å². The monoisotopic (exact) mass is 349 g/mol. The minimum atomic E-state index is -0.552. The van der Waals surface area contributed by atoms with Crippen LogP contribution >= 0.6 is 0 Å². The minimum absolute atomic E-state index is 0.434. The smallest absolute Gasteiger partial charge is 0.444 e. The van der Waals surface area contributed by atoms with E-state index in [1.807, 2.05) is 86.6 Å². The quantitative estimate of drug-likeness (QED) is 0.806. The number of amides is 1. The molecule has 1 aromatic rings. The summed E-state index contributed by atoms with van der Waals surface area (Å²) in [7, 11) is -0.536. The van der Waals surface area contributed by atoms with E-state index in [0.29, 0.717) is 5.69 Å². The Balaban J connectivity index is 0.00000151. The largest absolute Gasteiger partial charge is 0.496 e. The van der Waals surface area contributed by atoms with Gasteiger partial charge in [-0.3, -0.25) is 5.32 Å². The van der Waals surface area contributed by atoms with Crippen LogP contribution in [0.25, 0.3) is 0 Å². The van der Waals surface area contributed by atoms with Gasteiger partial charge in [0.2, 0.25) is 0 Å². The van der Waals surface area contributed by atoms with Crippen molar-refractivity contribution < 1.29 is 18.8 Å². The first-order valence-electron chi connectivity index (χ1n) is 8.86. The second kappa shape index (κ2) is 7.79. The molecule has 1 aliphatic heterocycles. The number of benzene rings is 1. The first-order chi connectivity index (χ1) is 11.4. The van der Waals surface area contributed by atoms with Gasteiger partial charge in [-0.25, -0.2) is 4.79 Å².